The van der Waals surface area contributed by atoms with Gasteiger partial charge < -0.3 is 0 Å². The van der Waals surface area contributed by atoms with E-state index in [4.69, 9.17) is 0 Å². The van der Waals surface area contributed by atoms with E-state index in [0.29, 0.717) is 0 Å². The van der Waals surface area contributed by atoms with Gasteiger partial charge in [-0.05, 0) is 28.3 Å². The largest absolute Gasteiger partial charge is 0.142 e. The second-order valence-electron chi connectivity index (χ2n) is 4.90. The second-order valence-corrected chi connectivity index (χ2v) is 6.72. The molecule has 3 aromatic carbocycles. The first-order chi connectivity index (χ1) is 10.6. The highest BCUT2D eigenvalue weighted by atomic mass is 32.1. The third-order valence-corrected chi connectivity index (χ3v) is 5.79. The first kappa shape index (κ1) is 15.9. The Morgan fingerprint density at radius 3 is 1.77 bits per heavy atom. The Morgan fingerprint density at radius 1 is 0.500 bits per heavy atom. The van der Waals surface area contributed by atoms with Gasteiger partial charge in [0, 0.05) is 19.6 Å². The van der Waals surface area contributed by atoms with Gasteiger partial charge in [0.25, 0.3) is 0 Å². The molecule has 0 unspecified atom stereocenters. The summed E-state index contributed by atoms with van der Waals surface area (Å²) in [5.41, 5.74) is 4.45. The number of thiol groups is 4. The highest BCUT2D eigenvalue weighted by molar-refractivity contribution is 7.86. The highest BCUT2D eigenvalue weighted by Gasteiger charge is 2.14. The maximum absolute atomic E-state index is 4.64. The summed E-state index contributed by atoms with van der Waals surface area (Å²) in [7, 11) is 0. The molecule has 22 heavy (non-hydrogen) atoms. The molecule has 0 nitrogen and oxygen atoms in total. The highest BCUT2D eigenvalue weighted by Crippen LogP contribution is 2.41. The minimum atomic E-state index is 0.747. The standard InChI is InChI=1S/C18H14S4/c19-15-10-14(16(20)18(22)17(15)21)13-9-5-4-8-12(13)11-6-2-1-3-7-11/h1-10,19-22H. The molecule has 0 aliphatic heterocycles. The molecule has 3 aromatic rings. The fraction of sp³-hybridized carbons (Fsp3) is 0. The van der Waals surface area contributed by atoms with E-state index in [1.54, 1.807) is 0 Å². The molecule has 0 aromatic heterocycles. The molecule has 0 radical (unpaired) electrons. The Hall–Kier alpha value is -0.940. The Labute approximate surface area is 152 Å². The van der Waals surface area contributed by atoms with E-state index in [9.17, 15) is 0 Å². The predicted molar refractivity (Wildman–Crippen MR) is 106 cm³/mol. The molecule has 0 atom stereocenters. The van der Waals surface area contributed by atoms with E-state index in [-0.39, 0.29) is 0 Å². The van der Waals surface area contributed by atoms with Gasteiger partial charge >= 0.3 is 0 Å². The molecule has 4 heteroatoms. The zero-order chi connectivity index (χ0) is 15.7. The minimum absolute atomic E-state index is 0.747. The summed E-state index contributed by atoms with van der Waals surface area (Å²) in [5, 5.41) is 0. The van der Waals surface area contributed by atoms with Gasteiger partial charge in [-0.25, -0.2) is 0 Å². The van der Waals surface area contributed by atoms with Crippen LogP contribution in [-0.4, -0.2) is 0 Å². The van der Waals surface area contributed by atoms with E-state index in [0.717, 1.165) is 36.3 Å². The van der Waals surface area contributed by atoms with Gasteiger partial charge in [-0.2, -0.15) is 0 Å². The molecule has 0 spiro atoms. The maximum atomic E-state index is 4.64. The van der Waals surface area contributed by atoms with Crippen molar-refractivity contribution in [2.45, 2.75) is 19.6 Å². The molecule has 3 rings (SSSR count). The summed E-state index contributed by atoms with van der Waals surface area (Å²) >= 11 is 18.1. The summed E-state index contributed by atoms with van der Waals surface area (Å²) in [6.45, 7) is 0. The van der Waals surface area contributed by atoms with Crippen molar-refractivity contribution in [1.82, 2.24) is 0 Å². The number of rotatable bonds is 2. The third kappa shape index (κ3) is 2.93. The van der Waals surface area contributed by atoms with Crippen molar-refractivity contribution in [3.05, 3.63) is 60.7 Å². The fourth-order valence-electron chi connectivity index (χ4n) is 2.43. The molecule has 0 saturated heterocycles. The summed E-state index contributed by atoms with van der Waals surface area (Å²) < 4.78 is 0. The van der Waals surface area contributed by atoms with Crippen LogP contribution in [0.25, 0.3) is 22.3 Å². The van der Waals surface area contributed by atoms with Gasteiger partial charge in [0.2, 0.25) is 0 Å². The van der Waals surface area contributed by atoms with Crippen LogP contribution in [0.1, 0.15) is 0 Å². The molecule has 110 valence electrons. The van der Waals surface area contributed by atoms with E-state index in [1.165, 1.54) is 5.56 Å². The zero-order valence-electron chi connectivity index (χ0n) is 11.6. The Bertz CT molecular complexity index is 826. The van der Waals surface area contributed by atoms with Gasteiger partial charge in [0.15, 0.2) is 0 Å². The molecule has 0 amide bonds. The van der Waals surface area contributed by atoms with Crippen LogP contribution in [0.15, 0.2) is 80.2 Å². The normalized spacial score (nSPS) is 10.7. The van der Waals surface area contributed by atoms with Crippen LogP contribution in [0.2, 0.25) is 0 Å². The van der Waals surface area contributed by atoms with Crippen LogP contribution in [0.5, 0.6) is 0 Å². The Kier molecular flexibility index (Phi) is 4.83. The average molecular weight is 359 g/mol. The van der Waals surface area contributed by atoms with E-state index < -0.39 is 0 Å². The number of hydrogen-bond acceptors (Lipinski definition) is 4. The SMILES string of the molecule is Sc1cc(-c2ccccc2-c2ccccc2)c(S)c(S)c1S. The molecule has 0 fully saturated rings. The summed E-state index contributed by atoms with van der Waals surface area (Å²) in [6.07, 6.45) is 0. The van der Waals surface area contributed by atoms with Crippen LogP contribution in [0.3, 0.4) is 0 Å². The molecule has 0 aliphatic carbocycles. The van der Waals surface area contributed by atoms with E-state index >= 15 is 0 Å². The van der Waals surface area contributed by atoms with Crippen molar-refractivity contribution >= 4 is 50.5 Å². The van der Waals surface area contributed by atoms with Crippen LogP contribution in [-0.2, 0) is 0 Å². The lowest BCUT2D eigenvalue weighted by molar-refractivity contribution is 1.06. The maximum Gasteiger partial charge on any atom is 0.0325 e. The number of hydrogen-bond donors (Lipinski definition) is 4. The molecule has 0 bridgehead atoms. The quantitative estimate of drug-likeness (QED) is 0.387. The molecule has 0 saturated carbocycles. The van der Waals surface area contributed by atoms with Crippen LogP contribution in [0, 0.1) is 0 Å². The molecule has 0 N–H and O–H groups in total. The monoisotopic (exact) mass is 358 g/mol. The van der Waals surface area contributed by atoms with Crippen molar-refractivity contribution in [3.8, 4) is 22.3 Å². The zero-order valence-corrected chi connectivity index (χ0v) is 15.1. The molecular weight excluding hydrogens is 344 g/mol. The van der Waals surface area contributed by atoms with Crippen LogP contribution >= 0.6 is 50.5 Å². The van der Waals surface area contributed by atoms with Crippen LogP contribution < -0.4 is 0 Å². The summed E-state index contributed by atoms with van der Waals surface area (Å²) in [4.78, 5) is 3.10. The number of benzene rings is 3. The van der Waals surface area contributed by atoms with E-state index in [1.807, 2.05) is 36.4 Å². The van der Waals surface area contributed by atoms with Crippen molar-refractivity contribution in [2.24, 2.45) is 0 Å². The van der Waals surface area contributed by atoms with Crippen molar-refractivity contribution in [2.75, 3.05) is 0 Å². The first-order valence-corrected chi connectivity index (χ1v) is 8.50. The van der Waals surface area contributed by atoms with Crippen molar-refractivity contribution in [3.63, 3.8) is 0 Å². The fourth-order valence-corrected chi connectivity index (χ4v) is 3.56. The van der Waals surface area contributed by atoms with Crippen molar-refractivity contribution < 1.29 is 0 Å². The van der Waals surface area contributed by atoms with Gasteiger partial charge in [0.05, 0.1) is 0 Å². The van der Waals surface area contributed by atoms with E-state index in [2.05, 4.69) is 74.8 Å². The average Bonchev–Trinajstić information content (AvgIpc) is 2.57. The molecular formula is C18H14S4. The lowest BCUT2D eigenvalue weighted by Gasteiger charge is -2.15. The van der Waals surface area contributed by atoms with Gasteiger partial charge in [-0.1, -0.05) is 54.6 Å². The van der Waals surface area contributed by atoms with Gasteiger partial charge in [0.1, 0.15) is 0 Å². The topological polar surface area (TPSA) is 0 Å². The lowest BCUT2D eigenvalue weighted by atomic mass is 9.94. The van der Waals surface area contributed by atoms with Crippen LogP contribution in [0.4, 0.5) is 0 Å². The Balaban J connectivity index is 2.27. The second kappa shape index (κ2) is 6.67. The van der Waals surface area contributed by atoms with Crippen molar-refractivity contribution in [1.29, 1.82) is 0 Å². The Morgan fingerprint density at radius 2 is 1.09 bits per heavy atom. The minimum Gasteiger partial charge on any atom is -0.142 e. The smallest absolute Gasteiger partial charge is 0.0325 e. The third-order valence-electron chi connectivity index (χ3n) is 3.53. The summed E-state index contributed by atoms with van der Waals surface area (Å²) in [6, 6.07) is 20.6. The van der Waals surface area contributed by atoms with Gasteiger partial charge in [-0.3, -0.25) is 0 Å². The molecule has 0 aliphatic rings. The van der Waals surface area contributed by atoms with Gasteiger partial charge in [-0.15, -0.1) is 50.5 Å². The first-order valence-electron chi connectivity index (χ1n) is 6.71. The predicted octanol–water partition coefficient (Wildman–Crippen LogP) is 6.18. The summed E-state index contributed by atoms with van der Waals surface area (Å²) in [5.74, 6) is 0. The molecule has 0 heterocycles. The lowest BCUT2D eigenvalue weighted by Crippen LogP contribution is -1.89.